The Morgan fingerprint density at radius 3 is 2.38 bits per heavy atom. The molecule has 1 aromatic heterocycles. The van der Waals surface area contributed by atoms with Crippen molar-refractivity contribution >= 4 is 0 Å². The van der Waals surface area contributed by atoms with E-state index in [4.69, 9.17) is 0 Å². The first-order chi connectivity index (χ1) is 6.06. The number of hydrogen-bond acceptors (Lipinski definition) is 2. The minimum absolute atomic E-state index is 0.470. The van der Waals surface area contributed by atoms with Gasteiger partial charge in [-0.15, -0.1) is 0 Å². The van der Waals surface area contributed by atoms with Gasteiger partial charge in [0.1, 0.15) is 0 Å². The van der Waals surface area contributed by atoms with E-state index in [-0.39, 0.29) is 0 Å². The molecular weight excluding hydrogens is 162 g/mol. The molecule has 1 aromatic rings. The minimum atomic E-state index is 0.470. The maximum absolute atomic E-state index is 4.47. The highest BCUT2D eigenvalue weighted by atomic mass is 15.3. The van der Waals surface area contributed by atoms with Crippen molar-refractivity contribution in [1.29, 1.82) is 0 Å². The molecule has 1 atom stereocenters. The molecular formula is C10H19N3. The molecule has 0 spiro atoms. The first-order valence-corrected chi connectivity index (χ1v) is 4.74. The van der Waals surface area contributed by atoms with Gasteiger partial charge in [-0.25, -0.2) is 0 Å². The van der Waals surface area contributed by atoms with Gasteiger partial charge in [-0.05, 0) is 40.3 Å². The van der Waals surface area contributed by atoms with Gasteiger partial charge in [0.2, 0.25) is 0 Å². The second-order valence-corrected chi connectivity index (χ2v) is 3.67. The third kappa shape index (κ3) is 2.10. The van der Waals surface area contributed by atoms with Crippen molar-refractivity contribution in [1.82, 2.24) is 15.1 Å². The highest BCUT2D eigenvalue weighted by molar-refractivity contribution is 5.22. The molecule has 0 fully saturated rings. The zero-order valence-electron chi connectivity index (χ0n) is 9.18. The van der Waals surface area contributed by atoms with Crippen LogP contribution >= 0.6 is 0 Å². The number of aromatic nitrogens is 2. The third-order valence-electron chi connectivity index (χ3n) is 2.68. The summed E-state index contributed by atoms with van der Waals surface area (Å²) >= 11 is 0. The molecule has 1 N–H and O–H groups in total. The number of nitrogens with one attached hydrogen (secondary N) is 1. The molecule has 0 aliphatic rings. The van der Waals surface area contributed by atoms with Crippen LogP contribution in [0.15, 0.2) is 0 Å². The van der Waals surface area contributed by atoms with Crippen LogP contribution in [-0.2, 0) is 6.54 Å². The second-order valence-electron chi connectivity index (χ2n) is 3.67. The summed E-state index contributed by atoms with van der Waals surface area (Å²) in [6, 6.07) is 0.470. The lowest BCUT2D eigenvalue weighted by Crippen LogP contribution is -2.27. The zero-order chi connectivity index (χ0) is 10.0. The molecule has 0 bridgehead atoms. The lowest BCUT2D eigenvalue weighted by Gasteiger charge is -2.11. The van der Waals surface area contributed by atoms with Gasteiger partial charge in [-0.2, -0.15) is 5.10 Å². The molecule has 3 nitrogen and oxygen atoms in total. The maximum Gasteiger partial charge on any atom is 0.0625 e. The number of likely N-dealkylation sites (N-methyl/N-ethyl adjacent to an activating group) is 1. The molecule has 0 aliphatic carbocycles. The van der Waals surface area contributed by atoms with E-state index in [0.29, 0.717) is 6.04 Å². The van der Waals surface area contributed by atoms with E-state index >= 15 is 0 Å². The molecule has 0 saturated carbocycles. The van der Waals surface area contributed by atoms with Crippen molar-refractivity contribution < 1.29 is 0 Å². The molecule has 0 saturated heterocycles. The largest absolute Gasteiger partial charge is 0.315 e. The first-order valence-electron chi connectivity index (χ1n) is 4.74. The summed E-state index contributed by atoms with van der Waals surface area (Å²) in [5.74, 6) is 0. The Labute approximate surface area is 80.1 Å². The number of hydrogen-bond donors (Lipinski definition) is 1. The Morgan fingerprint density at radius 1 is 1.38 bits per heavy atom. The van der Waals surface area contributed by atoms with Crippen LogP contribution in [0.1, 0.15) is 23.9 Å². The van der Waals surface area contributed by atoms with Gasteiger partial charge in [0, 0.05) is 11.7 Å². The van der Waals surface area contributed by atoms with E-state index in [1.807, 2.05) is 7.05 Å². The lowest BCUT2D eigenvalue weighted by atomic mass is 10.2. The van der Waals surface area contributed by atoms with E-state index in [2.05, 4.69) is 42.8 Å². The molecule has 0 aliphatic heterocycles. The van der Waals surface area contributed by atoms with Crippen LogP contribution in [0, 0.1) is 20.8 Å². The highest BCUT2D eigenvalue weighted by Gasteiger charge is 2.08. The topological polar surface area (TPSA) is 29.9 Å². The standard InChI is InChI=1S/C10H19N3/c1-7(11-5)6-13-10(4)8(2)9(3)12-13/h7,11H,6H2,1-5H3. The third-order valence-corrected chi connectivity index (χ3v) is 2.68. The molecule has 0 aromatic carbocycles. The minimum Gasteiger partial charge on any atom is -0.315 e. The summed E-state index contributed by atoms with van der Waals surface area (Å²) in [7, 11) is 1.98. The Kier molecular flexibility index (Phi) is 3.09. The molecule has 0 amide bonds. The monoisotopic (exact) mass is 181 g/mol. The van der Waals surface area contributed by atoms with Gasteiger partial charge >= 0.3 is 0 Å². The SMILES string of the molecule is CNC(C)Cn1nc(C)c(C)c1C. The average molecular weight is 181 g/mol. The summed E-state index contributed by atoms with van der Waals surface area (Å²) in [5.41, 5.74) is 3.73. The van der Waals surface area contributed by atoms with Gasteiger partial charge in [0.25, 0.3) is 0 Å². The Bertz CT molecular complexity index is 289. The summed E-state index contributed by atoms with van der Waals surface area (Å²) in [5, 5.41) is 7.68. The smallest absolute Gasteiger partial charge is 0.0625 e. The van der Waals surface area contributed by atoms with Gasteiger partial charge in [-0.3, -0.25) is 4.68 Å². The maximum atomic E-state index is 4.47. The first kappa shape index (κ1) is 10.3. The molecule has 3 heteroatoms. The summed E-state index contributed by atoms with van der Waals surface area (Å²) < 4.78 is 2.08. The molecule has 1 unspecified atom stereocenters. The van der Waals surface area contributed by atoms with Crippen LogP contribution in [0.5, 0.6) is 0 Å². The second kappa shape index (κ2) is 3.92. The van der Waals surface area contributed by atoms with Crippen molar-refractivity contribution in [3.63, 3.8) is 0 Å². The normalized spacial score (nSPS) is 13.3. The lowest BCUT2D eigenvalue weighted by molar-refractivity contribution is 0.472. The fourth-order valence-electron chi connectivity index (χ4n) is 1.31. The number of rotatable bonds is 3. The van der Waals surface area contributed by atoms with E-state index in [9.17, 15) is 0 Å². The quantitative estimate of drug-likeness (QED) is 0.764. The molecule has 1 heterocycles. The average Bonchev–Trinajstić information content (AvgIpc) is 2.34. The Morgan fingerprint density at radius 2 is 2.00 bits per heavy atom. The molecule has 13 heavy (non-hydrogen) atoms. The van der Waals surface area contributed by atoms with Gasteiger partial charge in [-0.1, -0.05) is 0 Å². The van der Waals surface area contributed by atoms with E-state index in [1.165, 1.54) is 11.3 Å². The number of aryl methyl sites for hydroxylation is 1. The van der Waals surface area contributed by atoms with Crippen LogP contribution in [0.3, 0.4) is 0 Å². The van der Waals surface area contributed by atoms with Crippen LogP contribution in [0.4, 0.5) is 0 Å². The van der Waals surface area contributed by atoms with Crippen LogP contribution < -0.4 is 5.32 Å². The van der Waals surface area contributed by atoms with E-state index in [1.54, 1.807) is 0 Å². The summed E-state index contributed by atoms with van der Waals surface area (Å²) in [6.45, 7) is 9.40. The predicted molar refractivity (Wildman–Crippen MR) is 55.0 cm³/mol. The van der Waals surface area contributed by atoms with Gasteiger partial charge < -0.3 is 5.32 Å². The summed E-state index contributed by atoms with van der Waals surface area (Å²) in [4.78, 5) is 0. The predicted octanol–water partition coefficient (Wildman–Crippen LogP) is 1.42. The molecule has 0 radical (unpaired) electrons. The van der Waals surface area contributed by atoms with Gasteiger partial charge in [0.05, 0.1) is 12.2 Å². The van der Waals surface area contributed by atoms with E-state index in [0.717, 1.165) is 12.2 Å². The van der Waals surface area contributed by atoms with Crippen molar-refractivity contribution in [2.24, 2.45) is 0 Å². The molecule has 74 valence electrons. The van der Waals surface area contributed by atoms with Crippen LogP contribution in [0.2, 0.25) is 0 Å². The zero-order valence-corrected chi connectivity index (χ0v) is 9.18. The molecule has 1 rings (SSSR count). The fourth-order valence-corrected chi connectivity index (χ4v) is 1.31. The highest BCUT2D eigenvalue weighted by Crippen LogP contribution is 2.10. The number of nitrogens with zero attached hydrogens (tertiary/aromatic N) is 2. The van der Waals surface area contributed by atoms with Crippen LogP contribution in [0.25, 0.3) is 0 Å². The van der Waals surface area contributed by atoms with E-state index < -0.39 is 0 Å². The fraction of sp³-hybridized carbons (Fsp3) is 0.700. The van der Waals surface area contributed by atoms with Crippen molar-refractivity contribution in [2.75, 3.05) is 7.05 Å². The Hall–Kier alpha value is -0.830. The van der Waals surface area contributed by atoms with Gasteiger partial charge in [0.15, 0.2) is 0 Å². The van der Waals surface area contributed by atoms with Crippen LogP contribution in [-0.4, -0.2) is 22.9 Å². The van der Waals surface area contributed by atoms with Crippen molar-refractivity contribution in [3.05, 3.63) is 17.0 Å². The Balaban J connectivity index is 2.83. The van der Waals surface area contributed by atoms with Crippen molar-refractivity contribution in [2.45, 2.75) is 40.3 Å². The van der Waals surface area contributed by atoms with Crippen molar-refractivity contribution in [3.8, 4) is 0 Å². The summed E-state index contributed by atoms with van der Waals surface area (Å²) in [6.07, 6.45) is 0.